The highest BCUT2D eigenvalue weighted by molar-refractivity contribution is 7.87. The van der Waals surface area contributed by atoms with E-state index >= 15 is 0 Å². The molecule has 30 heavy (non-hydrogen) atoms. The third kappa shape index (κ3) is 6.49. The van der Waals surface area contributed by atoms with E-state index in [9.17, 15) is 23.1 Å². The lowest BCUT2D eigenvalue weighted by Gasteiger charge is -2.34. The van der Waals surface area contributed by atoms with Gasteiger partial charge >= 0.3 is 0 Å². The van der Waals surface area contributed by atoms with Gasteiger partial charge in [-0.2, -0.15) is 17.4 Å². The Labute approximate surface area is 178 Å². The number of hydrogen-bond donors (Lipinski definition) is 4. The van der Waals surface area contributed by atoms with Gasteiger partial charge in [-0.15, -0.1) is 0 Å². The third-order valence-corrected chi connectivity index (χ3v) is 7.08. The van der Waals surface area contributed by atoms with Crippen LogP contribution in [0.5, 0.6) is 0 Å². The molecule has 1 aliphatic rings. The molecule has 0 spiro atoms. The molecule has 0 radical (unpaired) electrons. The molecule has 2 rings (SSSR count). The second-order valence-corrected chi connectivity index (χ2v) is 9.95. The molecule has 0 bridgehead atoms. The van der Waals surface area contributed by atoms with Crippen molar-refractivity contribution in [2.45, 2.75) is 50.2 Å². The van der Waals surface area contributed by atoms with E-state index in [2.05, 4.69) is 15.4 Å². The largest absolute Gasteiger partial charge is 0.391 e. The number of nitrogens with one attached hydrogen (secondary N) is 3. The summed E-state index contributed by atoms with van der Waals surface area (Å²) in [5.41, 5.74) is 0.612. The van der Waals surface area contributed by atoms with E-state index in [1.165, 1.54) is 21.0 Å². The summed E-state index contributed by atoms with van der Waals surface area (Å²) in [5, 5.41) is 16.2. The Morgan fingerprint density at radius 2 is 1.80 bits per heavy atom. The summed E-state index contributed by atoms with van der Waals surface area (Å²) >= 11 is 0. The minimum Gasteiger partial charge on any atom is -0.391 e. The number of hydrogen-bond acceptors (Lipinski definition) is 5. The molecular formula is C20H32N4O5S. The number of carbonyl (C=O) groups is 2. The summed E-state index contributed by atoms with van der Waals surface area (Å²) in [6.45, 7) is 1.37. The number of aliphatic hydroxyl groups excluding tert-OH is 1. The number of nitrogens with zero attached hydrogens (tertiary/aromatic N) is 1. The molecule has 1 aromatic rings. The third-order valence-electron chi connectivity index (χ3n) is 5.61. The Kier molecular flexibility index (Phi) is 8.36. The second kappa shape index (κ2) is 10.3. The van der Waals surface area contributed by atoms with Crippen LogP contribution >= 0.6 is 0 Å². The fraction of sp³-hybridized carbons (Fsp3) is 0.600. The summed E-state index contributed by atoms with van der Waals surface area (Å²) in [6, 6.07) is 9.42. The van der Waals surface area contributed by atoms with E-state index in [1.54, 1.807) is 0 Å². The van der Waals surface area contributed by atoms with Gasteiger partial charge in [-0.05, 0) is 31.2 Å². The lowest BCUT2D eigenvalue weighted by Crippen LogP contribution is -2.46. The summed E-state index contributed by atoms with van der Waals surface area (Å²) in [5.74, 6) is -0.619. The van der Waals surface area contributed by atoms with E-state index in [1.807, 2.05) is 30.3 Å². The van der Waals surface area contributed by atoms with Gasteiger partial charge in [-0.25, -0.2) is 0 Å². The normalized spacial score (nSPS) is 24.8. The minimum atomic E-state index is -3.69. The van der Waals surface area contributed by atoms with E-state index < -0.39 is 27.6 Å². The number of rotatable bonds is 8. The monoisotopic (exact) mass is 440 g/mol. The first-order chi connectivity index (χ1) is 14.1. The van der Waals surface area contributed by atoms with Crippen molar-refractivity contribution in [3.05, 3.63) is 35.9 Å². The van der Waals surface area contributed by atoms with E-state index in [4.69, 9.17) is 0 Å². The van der Waals surface area contributed by atoms with Crippen LogP contribution < -0.4 is 15.4 Å². The van der Waals surface area contributed by atoms with Crippen molar-refractivity contribution < 1.29 is 23.1 Å². The number of aliphatic hydroxyl groups is 1. The molecule has 4 N–H and O–H groups in total. The van der Waals surface area contributed by atoms with E-state index in [0.29, 0.717) is 32.2 Å². The SMILES string of the molecule is CC(=O)N[C@H]1CC[C@](CNC(=O)CNS(=O)(=O)N(C)C)(c2ccccc2)CC[C@@H]1O. The van der Waals surface area contributed by atoms with Gasteiger partial charge < -0.3 is 15.7 Å². The van der Waals surface area contributed by atoms with Crippen molar-refractivity contribution in [3.8, 4) is 0 Å². The highest BCUT2D eigenvalue weighted by atomic mass is 32.2. The van der Waals surface area contributed by atoms with Gasteiger partial charge in [0.05, 0.1) is 18.7 Å². The van der Waals surface area contributed by atoms with Crippen molar-refractivity contribution >= 4 is 22.0 Å². The molecule has 1 aliphatic carbocycles. The topological polar surface area (TPSA) is 128 Å². The molecule has 1 saturated carbocycles. The van der Waals surface area contributed by atoms with Gasteiger partial charge in [0, 0.05) is 33.0 Å². The number of amides is 2. The molecule has 2 amide bonds. The predicted molar refractivity (Wildman–Crippen MR) is 114 cm³/mol. The molecule has 1 aromatic carbocycles. The van der Waals surface area contributed by atoms with Crippen LogP contribution in [0.3, 0.4) is 0 Å². The van der Waals surface area contributed by atoms with Gasteiger partial charge in [0.25, 0.3) is 10.2 Å². The maximum absolute atomic E-state index is 12.3. The molecule has 0 unspecified atom stereocenters. The second-order valence-electron chi connectivity index (χ2n) is 7.98. The van der Waals surface area contributed by atoms with Gasteiger partial charge in [0.2, 0.25) is 11.8 Å². The standard InChI is InChI=1S/C20H32N4O5S/c1-15(25)23-17-9-11-20(12-10-18(17)26,16-7-5-4-6-8-16)14-21-19(27)13-22-30(28,29)24(2)3/h4-8,17-18,22,26H,9-14H2,1-3H3,(H,21,27)(H,23,25)/t17-,18-,20-/m0/s1. The Morgan fingerprint density at radius 1 is 1.17 bits per heavy atom. The summed E-state index contributed by atoms with van der Waals surface area (Å²) < 4.78 is 26.9. The molecule has 10 heteroatoms. The average molecular weight is 441 g/mol. The van der Waals surface area contributed by atoms with Crippen molar-refractivity contribution in [3.63, 3.8) is 0 Å². The number of carbonyl (C=O) groups excluding carboxylic acids is 2. The average Bonchev–Trinajstić information content (AvgIpc) is 2.85. The highest BCUT2D eigenvalue weighted by Crippen LogP contribution is 2.38. The van der Waals surface area contributed by atoms with Gasteiger partial charge in [0.15, 0.2) is 0 Å². The Balaban J connectivity index is 2.13. The Morgan fingerprint density at radius 3 is 2.40 bits per heavy atom. The fourth-order valence-electron chi connectivity index (χ4n) is 3.78. The molecule has 9 nitrogen and oxygen atoms in total. The van der Waals surface area contributed by atoms with Crippen LogP contribution in [0.15, 0.2) is 30.3 Å². The number of benzene rings is 1. The fourth-order valence-corrected chi connectivity index (χ4v) is 4.35. The molecule has 1 fully saturated rings. The molecular weight excluding hydrogens is 408 g/mol. The zero-order valence-corrected chi connectivity index (χ0v) is 18.5. The summed E-state index contributed by atoms with van der Waals surface area (Å²) in [6.07, 6.45) is 1.66. The lowest BCUT2D eigenvalue weighted by atomic mass is 9.74. The smallest absolute Gasteiger partial charge is 0.279 e. The van der Waals surface area contributed by atoms with Crippen LogP contribution in [0.4, 0.5) is 0 Å². The zero-order valence-electron chi connectivity index (χ0n) is 17.7. The van der Waals surface area contributed by atoms with E-state index in [-0.39, 0.29) is 18.5 Å². The predicted octanol–water partition coefficient (Wildman–Crippen LogP) is -0.124. The molecule has 3 atom stereocenters. The molecule has 0 aromatic heterocycles. The Hall–Kier alpha value is -2.01. The van der Waals surface area contributed by atoms with Crippen LogP contribution in [0.1, 0.15) is 38.2 Å². The van der Waals surface area contributed by atoms with Crippen molar-refractivity contribution in [1.29, 1.82) is 0 Å². The van der Waals surface area contributed by atoms with Crippen LogP contribution in [0.2, 0.25) is 0 Å². The minimum absolute atomic E-state index is 0.187. The molecule has 0 heterocycles. The maximum atomic E-state index is 12.3. The van der Waals surface area contributed by atoms with Crippen LogP contribution in [0, 0.1) is 0 Å². The summed E-state index contributed by atoms with van der Waals surface area (Å²) in [7, 11) is -0.923. The van der Waals surface area contributed by atoms with Crippen molar-refractivity contribution in [1.82, 2.24) is 19.7 Å². The van der Waals surface area contributed by atoms with Gasteiger partial charge in [0.1, 0.15) is 0 Å². The highest BCUT2D eigenvalue weighted by Gasteiger charge is 2.38. The zero-order chi connectivity index (χ0) is 22.4. The van der Waals surface area contributed by atoms with Crippen LogP contribution in [0.25, 0.3) is 0 Å². The lowest BCUT2D eigenvalue weighted by molar-refractivity contribution is -0.121. The van der Waals surface area contributed by atoms with Crippen molar-refractivity contribution in [2.24, 2.45) is 0 Å². The quantitative estimate of drug-likeness (QED) is 0.419. The van der Waals surface area contributed by atoms with Gasteiger partial charge in [-0.1, -0.05) is 30.3 Å². The first-order valence-electron chi connectivity index (χ1n) is 10.0. The molecule has 168 valence electrons. The molecule has 0 saturated heterocycles. The van der Waals surface area contributed by atoms with Gasteiger partial charge in [-0.3, -0.25) is 9.59 Å². The van der Waals surface area contributed by atoms with Crippen LogP contribution in [-0.4, -0.2) is 69.0 Å². The Bertz CT molecular complexity index is 831. The first kappa shape index (κ1) is 24.3. The molecule has 0 aliphatic heterocycles. The van der Waals surface area contributed by atoms with Crippen molar-refractivity contribution in [2.75, 3.05) is 27.2 Å². The van der Waals surface area contributed by atoms with Crippen LogP contribution in [-0.2, 0) is 25.2 Å². The summed E-state index contributed by atoms with van der Waals surface area (Å²) in [4.78, 5) is 23.8. The maximum Gasteiger partial charge on any atom is 0.279 e. The first-order valence-corrected chi connectivity index (χ1v) is 11.4. The van der Waals surface area contributed by atoms with E-state index in [0.717, 1.165) is 9.87 Å².